The van der Waals surface area contributed by atoms with Gasteiger partial charge < -0.3 is 4.74 Å². The highest BCUT2D eigenvalue weighted by molar-refractivity contribution is 14.1. The molecule has 0 saturated heterocycles. The molecule has 0 radical (unpaired) electrons. The van der Waals surface area contributed by atoms with Gasteiger partial charge >= 0.3 is 6.36 Å². The van der Waals surface area contributed by atoms with E-state index in [1.807, 2.05) is 24.3 Å². The second-order valence-electron chi connectivity index (χ2n) is 3.58. The molecule has 0 amide bonds. The van der Waals surface area contributed by atoms with E-state index < -0.39 is 6.36 Å². The molecule has 0 saturated carbocycles. The first kappa shape index (κ1) is 13.2. The molecule has 0 bridgehead atoms. The highest BCUT2D eigenvalue weighted by Gasteiger charge is 2.30. The molecule has 0 aromatic heterocycles. The van der Waals surface area contributed by atoms with Crippen LogP contribution in [0.3, 0.4) is 0 Å². The lowest BCUT2D eigenvalue weighted by atomic mass is 10.1. The topological polar surface area (TPSA) is 9.23 Å². The van der Waals surface area contributed by atoms with Gasteiger partial charge in [0.05, 0.1) is 0 Å². The molecular formula is C13H8F3IO. The molecule has 0 N–H and O–H groups in total. The minimum Gasteiger partial charge on any atom is -0.406 e. The molecule has 0 heterocycles. The zero-order chi connectivity index (χ0) is 13.2. The molecule has 0 aliphatic rings. The summed E-state index contributed by atoms with van der Waals surface area (Å²) >= 11 is 2.19. The van der Waals surface area contributed by atoms with Crippen molar-refractivity contribution < 1.29 is 17.9 Å². The molecule has 2 aromatic rings. The normalized spacial score (nSPS) is 11.3. The predicted octanol–water partition coefficient (Wildman–Crippen LogP) is 4.86. The van der Waals surface area contributed by atoms with Gasteiger partial charge in [0.25, 0.3) is 0 Å². The van der Waals surface area contributed by atoms with Gasteiger partial charge in [-0.3, -0.25) is 0 Å². The fraction of sp³-hybridized carbons (Fsp3) is 0.0769. The van der Waals surface area contributed by atoms with Crippen LogP contribution >= 0.6 is 22.6 Å². The van der Waals surface area contributed by atoms with Crippen LogP contribution < -0.4 is 4.74 Å². The van der Waals surface area contributed by atoms with E-state index in [0.717, 1.165) is 14.7 Å². The van der Waals surface area contributed by atoms with Crippen LogP contribution in [0.2, 0.25) is 0 Å². The predicted molar refractivity (Wildman–Crippen MR) is 71.3 cm³/mol. The van der Waals surface area contributed by atoms with Crippen molar-refractivity contribution in [3.05, 3.63) is 52.1 Å². The Morgan fingerprint density at radius 2 is 1.22 bits per heavy atom. The Hall–Kier alpha value is -1.24. The van der Waals surface area contributed by atoms with Crippen LogP contribution in [-0.4, -0.2) is 6.36 Å². The van der Waals surface area contributed by atoms with E-state index in [0.29, 0.717) is 0 Å². The summed E-state index contributed by atoms with van der Waals surface area (Å²) < 4.78 is 40.9. The lowest BCUT2D eigenvalue weighted by molar-refractivity contribution is -0.274. The van der Waals surface area contributed by atoms with Gasteiger partial charge in [0.15, 0.2) is 0 Å². The van der Waals surface area contributed by atoms with Crippen LogP contribution in [0.15, 0.2) is 48.5 Å². The summed E-state index contributed by atoms with van der Waals surface area (Å²) in [6.45, 7) is 0. The monoisotopic (exact) mass is 364 g/mol. The van der Waals surface area contributed by atoms with Gasteiger partial charge in [-0.05, 0) is 58.0 Å². The Bertz CT molecular complexity index is 517. The molecule has 2 rings (SSSR count). The number of halogens is 4. The number of benzene rings is 2. The van der Waals surface area contributed by atoms with Gasteiger partial charge in [0.2, 0.25) is 0 Å². The van der Waals surface area contributed by atoms with E-state index in [2.05, 4.69) is 27.3 Å². The van der Waals surface area contributed by atoms with Crippen molar-refractivity contribution in [2.45, 2.75) is 6.36 Å². The van der Waals surface area contributed by atoms with Gasteiger partial charge in [-0.1, -0.05) is 24.3 Å². The molecule has 0 unspecified atom stereocenters. The van der Waals surface area contributed by atoms with E-state index >= 15 is 0 Å². The Morgan fingerprint density at radius 3 is 1.67 bits per heavy atom. The van der Waals surface area contributed by atoms with Crippen molar-refractivity contribution in [2.24, 2.45) is 0 Å². The van der Waals surface area contributed by atoms with Crippen molar-refractivity contribution in [1.82, 2.24) is 0 Å². The second kappa shape index (κ2) is 5.17. The Balaban J connectivity index is 2.20. The van der Waals surface area contributed by atoms with Crippen molar-refractivity contribution >= 4 is 22.6 Å². The fourth-order valence-corrected chi connectivity index (χ4v) is 1.85. The average molecular weight is 364 g/mol. The minimum absolute atomic E-state index is 0.211. The van der Waals surface area contributed by atoms with E-state index in [-0.39, 0.29) is 5.75 Å². The van der Waals surface area contributed by atoms with Gasteiger partial charge in [-0.2, -0.15) is 0 Å². The number of alkyl halides is 3. The molecule has 1 nitrogen and oxygen atoms in total. The van der Waals surface area contributed by atoms with E-state index in [9.17, 15) is 13.2 Å². The molecule has 0 fully saturated rings. The van der Waals surface area contributed by atoms with Crippen LogP contribution in [0, 0.1) is 3.57 Å². The SMILES string of the molecule is FC(F)(F)Oc1ccc(-c2ccc(I)cc2)cc1. The van der Waals surface area contributed by atoms with Crippen LogP contribution in [-0.2, 0) is 0 Å². The summed E-state index contributed by atoms with van der Waals surface area (Å²) in [5.74, 6) is -0.211. The molecule has 0 aliphatic heterocycles. The first-order valence-electron chi connectivity index (χ1n) is 5.06. The second-order valence-corrected chi connectivity index (χ2v) is 4.82. The molecule has 18 heavy (non-hydrogen) atoms. The molecular weight excluding hydrogens is 356 g/mol. The zero-order valence-corrected chi connectivity index (χ0v) is 11.2. The molecule has 0 atom stereocenters. The lowest BCUT2D eigenvalue weighted by Gasteiger charge is -2.09. The summed E-state index contributed by atoms with van der Waals surface area (Å²) in [7, 11) is 0. The standard InChI is InChI=1S/C13H8F3IO/c14-13(15,16)18-12-7-3-10(4-8-12)9-1-5-11(17)6-2-9/h1-8H. The quantitative estimate of drug-likeness (QED) is 0.692. The summed E-state index contributed by atoms with van der Waals surface area (Å²) in [6, 6.07) is 13.5. The van der Waals surface area contributed by atoms with Crippen molar-refractivity contribution in [1.29, 1.82) is 0 Å². The third kappa shape index (κ3) is 3.63. The highest BCUT2D eigenvalue weighted by atomic mass is 127. The fourth-order valence-electron chi connectivity index (χ4n) is 1.49. The molecule has 2 aromatic carbocycles. The van der Waals surface area contributed by atoms with Gasteiger partial charge in [-0.15, -0.1) is 13.2 Å². The highest BCUT2D eigenvalue weighted by Crippen LogP contribution is 2.26. The maximum atomic E-state index is 12.0. The number of rotatable bonds is 2. The third-order valence-corrected chi connectivity index (χ3v) is 2.98. The zero-order valence-electron chi connectivity index (χ0n) is 9.04. The van der Waals surface area contributed by atoms with Crippen molar-refractivity contribution in [3.63, 3.8) is 0 Å². The van der Waals surface area contributed by atoms with Crippen LogP contribution in [0.4, 0.5) is 13.2 Å². The summed E-state index contributed by atoms with van der Waals surface area (Å²) in [5, 5.41) is 0. The van der Waals surface area contributed by atoms with Crippen LogP contribution in [0.25, 0.3) is 11.1 Å². The van der Waals surface area contributed by atoms with Crippen LogP contribution in [0.1, 0.15) is 0 Å². The molecule has 5 heteroatoms. The maximum Gasteiger partial charge on any atom is 0.573 e. The lowest BCUT2D eigenvalue weighted by Crippen LogP contribution is -2.16. The summed E-state index contributed by atoms with van der Waals surface area (Å²) in [5.41, 5.74) is 1.80. The first-order chi connectivity index (χ1) is 8.44. The van der Waals surface area contributed by atoms with Gasteiger partial charge in [-0.25, -0.2) is 0 Å². The maximum absolute atomic E-state index is 12.0. The van der Waals surface area contributed by atoms with E-state index in [4.69, 9.17) is 0 Å². The number of ether oxygens (including phenoxy) is 1. The van der Waals surface area contributed by atoms with Gasteiger partial charge in [0.1, 0.15) is 5.75 Å². The Kier molecular flexibility index (Phi) is 3.79. The van der Waals surface area contributed by atoms with Gasteiger partial charge in [0, 0.05) is 3.57 Å². The summed E-state index contributed by atoms with van der Waals surface area (Å²) in [4.78, 5) is 0. The third-order valence-electron chi connectivity index (χ3n) is 2.27. The largest absolute Gasteiger partial charge is 0.573 e. The van der Waals surface area contributed by atoms with E-state index in [1.165, 1.54) is 12.1 Å². The smallest absolute Gasteiger partial charge is 0.406 e. The van der Waals surface area contributed by atoms with Crippen LogP contribution in [0.5, 0.6) is 5.75 Å². The average Bonchev–Trinajstić information content (AvgIpc) is 2.29. The van der Waals surface area contributed by atoms with Crippen molar-refractivity contribution in [3.8, 4) is 16.9 Å². The minimum atomic E-state index is -4.65. The first-order valence-corrected chi connectivity index (χ1v) is 6.14. The molecule has 0 spiro atoms. The molecule has 0 aliphatic carbocycles. The number of hydrogen-bond donors (Lipinski definition) is 0. The Morgan fingerprint density at radius 1 is 0.778 bits per heavy atom. The van der Waals surface area contributed by atoms with Crippen molar-refractivity contribution in [2.75, 3.05) is 0 Å². The van der Waals surface area contributed by atoms with E-state index in [1.54, 1.807) is 12.1 Å². The summed E-state index contributed by atoms with van der Waals surface area (Å²) in [6.07, 6.45) is -4.65. The number of hydrogen-bond acceptors (Lipinski definition) is 1. The Labute approximate surface area is 116 Å². The molecule has 94 valence electrons.